The van der Waals surface area contributed by atoms with Crippen molar-refractivity contribution in [1.82, 2.24) is 24.1 Å². The van der Waals surface area contributed by atoms with Gasteiger partial charge in [-0.15, -0.1) is 5.10 Å². The van der Waals surface area contributed by atoms with Crippen LogP contribution in [0.25, 0.3) is 17.1 Å². The molecule has 0 aliphatic carbocycles. The number of carbonyl (C=O) groups is 1. The van der Waals surface area contributed by atoms with Gasteiger partial charge in [0, 0.05) is 37.4 Å². The molecule has 0 atom stereocenters. The molecule has 1 aromatic heterocycles. The maximum Gasteiger partial charge on any atom is 0.409 e. The van der Waals surface area contributed by atoms with Gasteiger partial charge in [-0.05, 0) is 43.4 Å². The van der Waals surface area contributed by atoms with Crippen molar-refractivity contribution in [3.63, 3.8) is 0 Å². The Morgan fingerprint density at radius 1 is 1.06 bits per heavy atom. The number of hydrogen-bond acceptors (Lipinski definition) is 6. The standard InChI is InChI=1S/C23H27N5O3S/c1-3-31-23(29)26-14-12-25(13-15-26)17-27-22(32)28(19-9-5-4-6-10-19)21(24-27)18-8-7-11-20(16-18)30-2/h4-11,16H,3,12-15,17H2,1-2H3. The fraction of sp³-hybridized carbons (Fsp3) is 0.348. The van der Waals surface area contributed by atoms with E-state index >= 15 is 0 Å². The summed E-state index contributed by atoms with van der Waals surface area (Å²) in [7, 11) is 1.65. The molecule has 1 amide bonds. The van der Waals surface area contributed by atoms with Crippen LogP contribution in [-0.2, 0) is 11.4 Å². The van der Waals surface area contributed by atoms with E-state index in [2.05, 4.69) is 4.90 Å². The van der Waals surface area contributed by atoms with Gasteiger partial charge in [-0.3, -0.25) is 9.47 Å². The van der Waals surface area contributed by atoms with Crippen LogP contribution in [0, 0.1) is 4.77 Å². The van der Waals surface area contributed by atoms with Crippen LogP contribution in [-0.4, -0.2) is 70.1 Å². The number of methoxy groups -OCH3 is 1. The number of hydrogen-bond donors (Lipinski definition) is 0. The second kappa shape index (κ2) is 9.97. The first kappa shape index (κ1) is 22.0. The molecule has 168 valence electrons. The molecule has 0 saturated carbocycles. The van der Waals surface area contributed by atoms with Crippen LogP contribution < -0.4 is 4.74 Å². The van der Waals surface area contributed by atoms with Crippen LogP contribution in [0.3, 0.4) is 0 Å². The lowest BCUT2D eigenvalue weighted by Gasteiger charge is -2.33. The summed E-state index contributed by atoms with van der Waals surface area (Å²) < 4.78 is 15.0. The predicted octanol–water partition coefficient (Wildman–Crippen LogP) is 3.81. The molecule has 1 saturated heterocycles. The molecule has 2 aromatic carbocycles. The van der Waals surface area contributed by atoms with Crippen molar-refractivity contribution in [2.45, 2.75) is 13.6 Å². The summed E-state index contributed by atoms with van der Waals surface area (Å²) in [6.07, 6.45) is -0.252. The molecular formula is C23H27N5O3S. The van der Waals surface area contributed by atoms with Crippen LogP contribution in [0.5, 0.6) is 5.75 Å². The molecule has 0 spiro atoms. The molecule has 32 heavy (non-hydrogen) atoms. The van der Waals surface area contributed by atoms with E-state index in [-0.39, 0.29) is 6.09 Å². The zero-order chi connectivity index (χ0) is 22.5. The largest absolute Gasteiger partial charge is 0.497 e. The lowest BCUT2D eigenvalue weighted by molar-refractivity contribution is 0.0691. The number of aromatic nitrogens is 3. The Bertz CT molecular complexity index is 1120. The van der Waals surface area contributed by atoms with Crippen molar-refractivity contribution in [1.29, 1.82) is 0 Å². The zero-order valence-electron chi connectivity index (χ0n) is 18.3. The van der Waals surface area contributed by atoms with Gasteiger partial charge in [0.25, 0.3) is 0 Å². The number of para-hydroxylation sites is 1. The van der Waals surface area contributed by atoms with E-state index < -0.39 is 0 Å². The third-order valence-electron chi connectivity index (χ3n) is 5.41. The molecule has 0 bridgehead atoms. The maximum absolute atomic E-state index is 12.0. The Balaban J connectivity index is 1.62. The minimum absolute atomic E-state index is 0.252. The second-order valence-corrected chi connectivity index (χ2v) is 7.82. The van der Waals surface area contributed by atoms with Gasteiger partial charge in [-0.25, -0.2) is 9.48 Å². The lowest BCUT2D eigenvalue weighted by Crippen LogP contribution is -2.49. The van der Waals surface area contributed by atoms with Gasteiger partial charge in [0.2, 0.25) is 4.77 Å². The van der Waals surface area contributed by atoms with E-state index in [1.165, 1.54) is 0 Å². The molecule has 0 N–H and O–H groups in total. The molecule has 0 unspecified atom stereocenters. The van der Waals surface area contributed by atoms with E-state index in [1.807, 2.05) is 70.8 Å². The van der Waals surface area contributed by atoms with Crippen molar-refractivity contribution < 1.29 is 14.3 Å². The summed E-state index contributed by atoms with van der Waals surface area (Å²) in [5.41, 5.74) is 1.87. The average molecular weight is 454 g/mol. The average Bonchev–Trinajstić information content (AvgIpc) is 3.16. The highest BCUT2D eigenvalue weighted by molar-refractivity contribution is 7.71. The van der Waals surface area contributed by atoms with Gasteiger partial charge < -0.3 is 14.4 Å². The summed E-state index contributed by atoms with van der Waals surface area (Å²) >= 11 is 5.84. The fourth-order valence-electron chi connectivity index (χ4n) is 3.73. The van der Waals surface area contributed by atoms with E-state index in [1.54, 1.807) is 12.0 Å². The molecule has 2 heterocycles. The van der Waals surface area contributed by atoms with Crippen molar-refractivity contribution >= 4 is 18.3 Å². The fourth-order valence-corrected chi connectivity index (χ4v) is 4.03. The number of nitrogens with zero attached hydrogens (tertiary/aromatic N) is 5. The van der Waals surface area contributed by atoms with Crippen molar-refractivity contribution in [2.24, 2.45) is 0 Å². The number of amides is 1. The number of carbonyl (C=O) groups excluding carboxylic acids is 1. The van der Waals surface area contributed by atoms with E-state index in [0.717, 1.165) is 35.9 Å². The lowest BCUT2D eigenvalue weighted by atomic mass is 10.2. The van der Waals surface area contributed by atoms with Gasteiger partial charge in [-0.2, -0.15) is 0 Å². The summed E-state index contributed by atoms with van der Waals surface area (Å²) in [4.78, 5) is 15.9. The molecule has 1 fully saturated rings. The van der Waals surface area contributed by atoms with Gasteiger partial charge in [0.15, 0.2) is 5.82 Å². The molecule has 1 aliphatic rings. The van der Waals surface area contributed by atoms with Crippen molar-refractivity contribution in [3.05, 3.63) is 59.4 Å². The van der Waals surface area contributed by atoms with Gasteiger partial charge in [0.1, 0.15) is 5.75 Å². The minimum Gasteiger partial charge on any atom is -0.497 e. The number of ether oxygens (including phenoxy) is 2. The molecule has 4 rings (SSSR count). The Morgan fingerprint density at radius 3 is 2.50 bits per heavy atom. The van der Waals surface area contributed by atoms with E-state index in [0.29, 0.717) is 31.1 Å². The van der Waals surface area contributed by atoms with Crippen LogP contribution in [0.2, 0.25) is 0 Å². The third kappa shape index (κ3) is 4.68. The molecule has 3 aromatic rings. The van der Waals surface area contributed by atoms with Crippen LogP contribution in [0.1, 0.15) is 6.92 Å². The molecular weight excluding hydrogens is 426 g/mol. The summed E-state index contributed by atoms with van der Waals surface area (Å²) in [6.45, 7) is 5.45. The Labute approximate surface area is 192 Å². The van der Waals surface area contributed by atoms with Gasteiger partial charge >= 0.3 is 6.09 Å². The second-order valence-electron chi connectivity index (χ2n) is 7.45. The van der Waals surface area contributed by atoms with Crippen LogP contribution in [0.15, 0.2) is 54.6 Å². The number of rotatable bonds is 6. The summed E-state index contributed by atoms with van der Waals surface area (Å²) in [5, 5.41) is 4.88. The molecule has 9 heteroatoms. The first-order valence-corrected chi connectivity index (χ1v) is 11.0. The topological polar surface area (TPSA) is 64.8 Å². The highest BCUT2D eigenvalue weighted by Gasteiger charge is 2.23. The molecule has 1 aliphatic heterocycles. The Morgan fingerprint density at radius 2 is 1.81 bits per heavy atom. The third-order valence-corrected chi connectivity index (χ3v) is 5.81. The van der Waals surface area contributed by atoms with Gasteiger partial charge in [0.05, 0.1) is 20.4 Å². The quantitative estimate of drug-likeness (QED) is 0.529. The van der Waals surface area contributed by atoms with E-state index in [4.69, 9.17) is 26.8 Å². The Kier molecular flexibility index (Phi) is 6.87. The highest BCUT2D eigenvalue weighted by atomic mass is 32.1. The molecule has 0 radical (unpaired) electrons. The SMILES string of the molecule is CCOC(=O)N1CCN(Cn2nc(-c3cccc(OC)c3)n(-c3ccccc3)c2=S)CC1. The smallest absolute Gasteiger partial charge is 0.409 e. The number of benzene rings is 2. The first-order chi connectivity index (χ1) is 15.6. The number of piperazine rings is 1. The summed E-state index contributed by atoms with van der Waals surface area (Å²) in [5.74, 6) is 1.52. The monoisotopic (exact) mass is 453 g/mol. The highest BCUT2D eigenvalue weighted by Crippen LogP contribution is 2.26. The van der Waals surface area contributed by atoms with Crippen molar-refractivity contribution in [2.75, 3.05) is 39.9 Å². The summed E-state index contributed by atoms with van der Waals surface area (Å²) in [6, 6.07) is 17.8. The normalized spacial score (nSPS) is 14.4. The van der Waals surface area contributed by atoms with Crippen LogP contribution in [0.4, 0.5) is 4.79 Å². The Hall–Kier alpha value is -3.17. The van der Waals surface area contributed by atoms with E-state index in [9.17, 15) is 4.79 Å². The van der Waals surface area contributed by atoms with Crippen molar-refractivity contribution in [3.8, 4) is 22.8 Å². The molecule has 8 nitrogen and oxygen atoms in total. The van der Waals surface area contributed by atoms with Gasteiger partial charge in [-0.1, -0.05) is 30.3 Å². The first-order valence-electron chi connectivity index (χ1n) is 10.6. The van der Waals surface area contributed by atoms with Crippen LogP contribution >= 0.6 is 12.2 Å². The zero-order valence-corrected chi connectivity index (χ0v) is 19.1. The predicted molar refractivity (Wildman–Crippen MR) is 125 cm³/mol. The minimum atomic E-state index is -0.252. The maximum atomic E-state index is 12.0.